The number of hydrogen-bond acceptors (Lipinski definition) is 7. The fourth-order valence-electron chi connectivity index (χ4n) is 4.42. The molecular weight excluding hydrogens is 448 g/mol. The Kier molecular flexibility index (Phi) is 8.53. The molecule has 2 aromatic carbocycles. The summed E-state index contributed by atoms with van der Waals surface area (Å²) in [5, 5.41) is 11.2. The minimum Gasteiger partial charge on any atom is -0.507 e. The number of hydrogen-bond donors (Lipinski definition) is 1. The molecule has 0 saturated carbocycles. The van der Waals surface area contributed by atoms with Crippen molar-refractivity contribution in [3.05, 3.63) is 64.7 Å². The van der Waals surface area contributed by atoms with Crippen LogP contribution in [-0.4, -0.2) is 80.2 Å². The molecule has 8 heteroatoms. The van der Waals surface area contributed by atoms with Gasteiger partial charge in [-0.05, 0) is 19.1 Å². The van der Waals surface area contributed by atoms with Crippen LogP contribution in [0, 0.1) is 6.92 Å². The number of carbonyl (C=O) groups excluding carboxylic acids is 2. The number of nitrogens with zero attached hydrogens (tertiary/aromatic N) is 2. The van der Waals surface area contributed by atoms with Crippen molar-refractivity contribution in [3.8, 4) is 11.5 Å². The van der Waals surface area contributed by atoms with Gasteiger partial charge in [0.1, 0.15) is 17.3 Å². The lowest BCUT2D eigenvalue weighted by Crippen LogP contribution is -2.42. The molecule has 0 aliphatic carbocycles. The van der Waals surface area contributed by atoms with E-state index in [2.05, 4.69) is 4.90 Å². The maximum Gasteiger partial charge on any atom is 0.295 e. The van der Waals surface area contributed by atoms with E-state index in [0.717, 1.165) is 18.7 Å². The molecule has 2 fully saturated rings. The molecule has 2 aromatic rings. The summed E-state index contributed by atoms with van der Waals surface area (Å²) >= 11 is 0. The molecule has 1 unspecified atom stereocenters. The van der Waals surface area contributed by atoms with Crippen molar-refractivity contribution in [3.63, 3.8) is 0 Å². The van der Waals surface area contributed by atoms with Crippen molar-refractivity contribution in [2.45, 2.75) is 20.4 Å². The van der Waals surface area contributed by atoms with Gasteiger partial charge in [0.25, 0.3) is 11.7 Å². The van der Waals surface area contributed by atoms with E-state index in [1.807, 2.05) is 19.1 Å². The minimum atomic E-state index is -0.789. The molecule has 2 heterocycles. The van der Waals surface area contributed by atoms with Crippen LogP contribution in [-0.2, 0) is 14.3 Å². The number of likely N-dealkylation sites (tertiary alicyclic amines) is 1. The highest BCUT2D eigenvalue weighted by Crippen LogP contribution is 2.43. The van der Waals surface area contributed by atoms with Gasteiger partial charge < -0.3 is 24.2 Å². The van der Waals surface area contributed by atoms with Crippen LogP contribution in [0.4, 0.5) is 0 Å². The number of aliphatic hydroxyl groups is 1. The number of morpholine rings is 1. The lowest BCUT2D eigenvalue weighted by Gasteiger charge is -2.31. The standard InChI is InChI=1S/C26H30N2O6.CH4/c1-17-4-6-18(7-5-17)24(29)22-23(20-9-8-19(32-2)16-21(20)33-3)28(26(31)25(22)30)11-10-27-12-14-34-15-13-27;/h4-9,16,23,29H,10-15H2,1-3H3;1H4. The molecule has 2 aliphatic rings. The molecule has 1 atom stereocenters. The summed E-state index contributed by atoms with van der Waals surface area (Å²) in [6.07, 6.45) is 0. The van der Waals surface area contributed by atoms with Crippen LogP contribution in [0.25, 0.3) is 5.76 Å². The molecule has 8 nitrogen and oxygen atoms in total. The quantitative estimate of drug-likeness (QED) is 0.368. The van der Waals surface area contributed by atoms with Crippen LogP contribution in [0.2, 0.25) is 0 Å². The van der Waals surface area contributed by atoms with Crippen molar-refractivity contribution in [1.29, 1.82) is 0 Å². The van der Waals surface area contributed by atoms with E-state index in [9.17, 15) is 14.7 Å². The Hall–Kier alpha value is -3.36. The number of rotatable bonds is 7. The molecule has 1 amide bonds. The van der Waals surface area contributed by atoms with Crippen LogP contribution >= 0.6 is 0 Å². The van der Waals surface area contributed by atoms with Crippen LogP contribution < -0.4 is 9.47 Å². The maximum absolute atomic E-state index is 13.2. The van der Waals surface area contributed by atoms with Gasteiger partial charge in [0.05, 0.1) is 39.0 Å². The van der Waals surface area contributed by atoms with Gasteiger partial charge in [0.2, 0.25) is 0 Å². The van der Waals surface area contributed by atoms with Crippen LogP contribution in [0.1, 0.15) is 30.2 Å². The Morgan fingerprint density at radius 3 is 2.34 bits per heavy atom. The highest BCUT2D eigenvalue weighted by molar-refractivity contribution is 6.46. The van der Waals surface area contributed by atoms with E-state index in [1.54, 1.807) is 37.4 Å². The summed E-state index contributed by atoms with van der Waals surface area (Å²) in [4.78, 5) is 30.2. The molecular formula is C27H34N2O6. The van der Waals surface area contributed by atoms with Crippen molar-refractivity contribution >= 4 is 17.4 Å². The van der Waals surface area contributed by atoms with Crippen LogP contribution in [0.5, 0.6) is 11.5 Å². The Balaban J connectivity index is 0.00000342. The lowest BCUT2D eigenvalue weighted by atomic mass is 9.94. The summed E-state index contributed by atoms with van der Waals surface area (Å²) in [5.74, 6) is -0.482. The molecule has 2 aliphatic heterocycles. The molecule has 2 saturated heterocycles. The van der Waals surface area contributed by atoms with E-state index in [1.165, 1.54) is 12.0 Å². The Morgan fingerprint density at radius 2 is 1.71 bits per heavy atom. The van der Waals surface area contributed by atoms with Gasteiger partial charge in [-0.15, -0.1) is 0 Å². The molecule has 0 spiro atoms. The predicted molar refractivity (Wildman–Crippen MR) is 134 cm³/mol. The SMILES string of the molecule is C.COc1ccc(C2C(=C(O)c3ccc(C)cc3)C(=O)C(=O)N2CCN2CCOCC2)c(OC)c1. The van der Waals surface area contributed by atoms with Gasteiger partial charge in [-0.2, -0.15) is 0 Å². The van der Waals surface area contributed by atoms with E-state index < -0.39 is 17.7 Å². The second-order valence-corrected chi connectivity index (χ2v) is 8.42. The monoisotopic (exact) mass is 482 g/mol. The third-order valence-electron chi connectivity index (χ3n) is 6.36. The fourth-order valence-corrected chi connectivity index (χ4v) is 4.42. The topological polar surface area (TPSA) is 88.5 Å². The van der Waals surface area contributed by atoms with Gasteiger partial charge >= 0.3 is 0 Å². The number of Topliss-reactive ketones (excluding diaryl/α,β-unsaturated/α-hetero) is 1. The second-order valence-electron chi connectivity index (χ2n) is 8.42. The average molecular weight is 483 g/mol. The third-order valence-corrected chi connectivity index (χ3v) is 6.36. The van der Waals surface area contributed by atoms with Gasteiger partial charge in [-0.25, -0.2) is 0 Å². The zero-order valence-electron chi connectivity index (χ0n) is 19.7. The summed E-state index contributed by atoms with van der Waals surface area (Å²) in [6.45, 7) is 5.68. The minimum absolute atomic E-state index is 0. The molecule has 35 heavy (non-hydrogen) atoms. The smallest absolute Gasteiger partial charge is 0.295 e. The zero-order chi connectivity index (χ0) is 24.2. The molecule has 4 rings (SSSR count). The largest absolute Gasteiger partial charge is 0.507 e. The molecule has 1 N–H and O–H groups in total. The maximum atomic E-state index is 13.2. The lowest BCUT2D eigenvalue weighted by molar-refractivity contribution is -0.140. The average Bonchev–Trinajstić information content (AvgIpc) is 3.12. The number of benzene rings is 2. The van der Waals surface area contributed by atoms with Crippen LogP contribution in [0.3, 0.4) is 0 Å². The number of aliphatic hydroxyl groups excluding tert-OH is 1. The second kappa shape index (κ2) is 11.4. The predicted octanol–water partition coefficient (Wildman–Crippen LogP) is 3.40. The van der Waals surface area contributed by atoms with E-state index in [4.69, 9.17) is 14.2 Å². The normalized spacial score (nSPS) is 20.0. The third kappa shape index (κ3) is 5.33. The summed E-state index contributed by atoms with van der Waals surface area (Å²) in [5.41, 5.74) is 2.17. The highest BCUT2D eigenvalue weighted by atomic mass is 16.5. The number of aryl methyl sites for hydroxylation is 1. The molecule has 0 radical (unpaired) electrons. The van der Waals surface area contributed by atoms with E-state index in [0.29, 0.717) is 48.9 Å². The number of methoxy groups -OCH3 is 2. The first-order valence-corrected chi connectivity index (χ1v) is 11.3. The fraction of sp³-hybridized carbons (Fsp3) is 0.407. The Bertz CT molecular complexity index is 1090. The Labute approximate surface area is 206 Å². The van der Waals surface area contributed by atoms with Crippen LogP contribution in [0.15, 0.2) is 48.0 Å². The van der Waals surface area contributed by atoms with Gasteiger partial charge in [0, 0.05) is 43.4 Å². The number of ether oxygens (including phenoxy) is 3. The molecule has 0 aromatic heterocycles. The van der Waals surface area contributed by atoms with Crippen molar-refractivity contribution in [1.82, 2.24) is 9.80 Å². The first-order chi connectivity index (χ1) is 16.4. The summed E-state index contributed by atoms with van der Waals surface area (Å²) in [7, 11) is 3.08. The van der Waals surface area contributed by atoms with Crippen molar-refractivity contribution < 1.29 is 28.9 Å². The number of ketones is 1. The van der Waals surface area contributed by atoms with Gasteiger partial charge in [-0.3, -0.25) is 14.5 Å². The van der Waals surface area contributed by atoms with E-state index >= 15 is 0 Å². The highest BCUT2D eigenvalue weighted by Gasteiger charge is 2.47. The first-order valence-electron chi connectivity index (χ1n) is 11.3. The zero-order valence-corrected chi connectivity index (χ0v) is 19.7. The summed E-state index contributed by atoms with van der Waals surface area (Å²) < 4.78 is 16.3. The van der Waals surface area contributed by atoms with Gasteiger partial charge in [0.15, 0.2) is 0 Å². The van der Waals surface area contributed by atoms with Crippen molar-refractivity contribution in [2.75, 3.05) is 53.6 Å². The van der Waals surface area contributed by atoms with Crippen molar-refractivity contribution in [2.24, 2.45) is 0 Å². The van der Waals surface area contributed by atoms with E-state index in [-0.39, 0.29) is 18.8 Å². The first kappa shape index (κ1) is 26.2. The number of carbonyl (C=O) groups is 2. The molecule has 188 valence electrons. The summed E-state index contributed by atoms with van der Waals surface area (Å²) in [6, 6.07) is 11.7. The number of amides is 1. The van der Waals surface area contributed by atoms with Gasteiger partial charge in [-0.1, -0.05) is 37.3 Å². The Morgan fingerprint density at radius 1 is 1.03 bits per heavy atom. The molecule has 0 bridgehead atoms.